The Bertz CT molecular complexity index is 598. The van der Waals surface area contributed by atoms with Crippen LogP contribution in [-0.2, 0) is 6.54 Å². The van der Waals surface area contributed by atoms with Gasteiger partial charge >= 0.3 is 6.03 Å². The summed E-state index contributed by atoms with van der Waals surface area (Å²) in [7, 11) is 0. The van der Waals surface area contributed by atoms with Crippen molar-refractivity contribution < 1.29 is 9.90 Å². The quantitative estimate of drug-likeness (QED) is 0.764. The normalized spacial score (nSPS) is 12.1. The third-order valence-corrected chi connectivity index (χ3v) is 3.44. The molecule has 0 saturated carbocycles. The Hall–Kier alpha value is -2.07. The van der Waals surface area contributed by atoms with Crippen molar-refractivity contribution in [2.24, 2.45) is 0 Å². The molecule has 0 spiro atoms. The van der Waals surface area contributed by atoms with Gasteiger partial charge in [0.15, 0.2) is 0 Å². The fraction of sp³-hybridized carbons (Fsp3) is 0.353. The molecule has 0 aromatic heterocycles. The molecular weight excluding hydrogens is 264 g/mol. The summed E-state index contributed by atoms with van der Waals surface area (Å²) in [5, 5.41) is 16.9. The van der Waals surface area contributed by atoms with E-state index in [1.165, 1.54) is 10.8 Å². The van der Waals surface area contributed by atoms with Crippen LogP contribution >= 0.6 is 0 Å². The number of carbonyl (C=O) groups is 1. The average molecular weight is 286 g/mol. The number of benzene rings is 2. The fourth-order valence-electron chi connectivity index (χ4n) is 2.28. The van der Waals surface area contributed by atoms with Crippen LogP contribution in [0.1, 0.15) is 25.3 Å². The van der Waals surface area contributed by atoms with E-state index >= 15 is 0 Å². The van der Waals surface area contributed by atoms with Crippen LogP contribution in [0.3, 0.4) is 0 Å². The van der Waals surface area contributed by atoms with Gasteiger partial charge in [0, 0.05) is 19.2 Å². The van der Waals surface area contributed by atoms with E-state index in [1.54, 1.807) is 0 Å². The SMILES string of the molecule is CC(CCCO)NC(=O)NCc1ccc2ccccc2c1. The van der Waals surface area contributed by atoms with Crippen LogP contribution in [0, 0.1) is 0 Å². The van der Waals surface area contributed by atoms with Crippen LogP contribution < -0.4 is 10.6 Å². The van der Waals surface area contributed by atoms with E-state index in [-0.39, 0.29) is 18.7 Å². The number of amides is 2. The molecule has 0 heterocycles. The zero-order valence-corrected chi connectivity index (χ0v) is 12.3. The zero-order valence-electron chi connectivity index (χ0n) is 12.3. The predicted molar refractivity (Wildman–Crippen MR) is 85.1 cm³/mol. The Morgan fingerprint density at radius 1 is 1.19 bits per heavy atom. The molecule has 4 heteroatoms. The van der Waals surface area contributed by atoms with Crippen molar-refractivity contribution in [2.45, 2.75) is 32.4 Å². The van der Waals surface area contributed by atoms with Gasteiger partial charge in [-0.15, -0.1) is 0 Å². The number of aliphatic hydroxyl groups excluding tert-OH is 1. The molecule has 0 bridgehead atoms. The summed E-state index contributed by atoms with van der Waals surface area (Å²) in [6.45, 7) is 2.60. The van der Waals surface area contributed by atoms with E-state index in [0.29, 0.717) is 13.0 Å². The highest BCUT2D eigenvalue weighted by molar-refractivity contribution is 5.83. The summed E-state index contributed by atoms with van der Waals surface area (Å²) >= 11 is 0. The van der Waals surface area contributed by atoms with Crippen molar-refractivity contribution in [3.8, 4) is 0 Å². The van der Waals surface area contributed by atoms with E-state index in [4.69, 9.17) is 5.11 Å². The van der Waals surface area contributed by atoms with Gasteiger partial charge in [-0.3, -0.25) is 0 Å². The topological polar surface area (TPSA) is 61.4 Å². The first kappa shape index (κ1) is 15.3. The largest absolute Gasteiger partial charge is 0.396 e. The number of rotatable bonds is 6. The summed E-state index contributed by atoms with van der Waals surface area (Å²) in [6.07, 6.45) is 1.48. The highest BCUT2D eigenvalue weighted by atomic mass is 16.3. The lowest BCUT2D eigenvalue weighted by Gasteiger charge is -2.14. The number of aliphatic hydroxyl groups is 1. The summed E-state index contributed by atoms with van der Waals surface area (Å²) in [5.74, 6) is 0. The standard InChI is InChI=1S/C17H22N2O2/c1-13(5-4-10-20)19-17(21)18-12-14-8-9-15-6-2-3-7-16(15)11-14/h2-3,6-9,11,13,20H,4-5,10,12H2,1H3,(H2,18,19,21). The van der Waals surface area contributed by atoms with Crippen molar-refractivity contribution in [1.29, 1.82) is 0 Å². The number of carbonyl (C=O) groups excluding carboxylic acids is 1. The Labute approximate surface area is 125 Å². The maximum Gasteiger partial charge on any atom is 0.315 e. The lowest BCUT2D eigenvalue weighted by molar-refractivity contribution is 0.234. The van der Waals surface area contributed by atoms with Crippen LogP contribution in [0.5, 0.6) is 0 Å². The average Bonchev–Trinajstić information content (AvgIpc) is 2.50. The van der Waals surface area contributed by atoms with Crippen molar-refractivity contribution in [2.75, 3.05) is 6.61 Å². The molecule has 2 aromatic rings. The molecule has 2 rings (SSSR count). The van der Waals surface area contributed by atoms with Gasteiger partial charge in [0.05, 0.1) is 0 Å². The summed E-state index contributed by atoms with van der Waals surface area (Å²) < 4.78 is 0. The van der Waals surface area contributed by atoms with Gasteiger partial charge in [-0.1, -0.05) is 36.4 Å². The van der Waals surface area contributed by atoms with E-state index in [9.17, 15) is 4.79 Å². The number of fused-ring (bicyclic) bond motifs is 1. The van der Waals surface area contributed by atoms with Crippen LogP contribution in [0.25, 0.3) is 10.8 Å². The molecule has 0 aliphatic carbocycles. The minimum absolute atomic E-state index is 0.0637. The van der Waals surface area contributed by atoms with Crippen LogP contribution in [-0.4, -0.2) is 23.8 Å². The van der Waals surface area contributed by atoms with Crippen molar-refractivity contribution in [3.05, 3.63) is 48.0 Å². The fourth-order valence-corrected chi connectivity index (χ4v) is 2.28. The van der Waals surface area contributed by atoms with Gasteiger partial charge in [0.25, 0.3) is 0 Å². The van der Waals surface area contributed by atoms with Gasteiger partial charge in [-0.2, -0.15) is 0 Å². The molecule has 2 aromatic carbocycles. The minimum Gasteiger partial charge on any atom is -0.396 e. The Kier molecular flexibility index (Phi) is 5.58. The van der Waals surface area contributed by atoms with Gasteiger partial charge in [-0.05, 0) is 42.2 Å². The third kappa shape index (κ3) is 4.76. The third-order valence-electron chi connectivity index (χ3n) is 3.44. The maximum atomic E-state index is 11.8. The Morgan fingerprint density at radius 3 is 2.71 bits per heavy atom. The summed E-state index contributed by atoms with van der Waals surface area (Å²) in [5.41, 5.74) is 1.08. The number of hydrogen-bond donors (Lipinski definition) is 3. The highest BCUT2D eigenvalue weighted by Gasteiger charge is 2.06. The van der Waals surface area contributed by atoms with Crippen LogP contribution in [0.15, 0.2) is 42.5 Å². The molecule has 0 radical (unpaired) electrons. The van der Waals surface area contributed by atoms with Gasteiger partial charge in [-0.25, -0.2) is 4.79 Å². The first-order valence-electron chi connectivity index (χ1n) is 7.32. The smallest absolute Gasteiger partial charge is 0.315 e. The molecular formula is C17H22N2O2. The van der Waals surface area contributed by atoms with Gasteiger partial charge in [0.2, 0.25) is 0 Å². The lowest BCUT2D eigenvalue weighted by atomic mass is 10.1. The molecule has 0 aliphatic rings. The zero-order chi connectivity index (χ0) is 15.1. The highest BCUT2D eigenvalue weighted by Crippen LogP contribution is 2.15. The molecule has 112 valence electrons. The molecule has 21 heavy (non-hydrogen) atoms. The number of urea groups is 1. The monoisotopic (exact) mass is 286 g/mol. The van der Waals surface area contributed by atoms with Gasteiger partial charge in [0.1, 0.15) is 0 Å². The molecule has 1 unspecified atom stereocenters. The van der Waals surface area contributed by atoms with Crippen molar-refractivity contribution >= 4 is 16.8 Å². The van der Waals surface area contributed by atoms with E-state index in [1.807, 2.05) is 25.1 Å². The molecule has 2 amide bonds. The summed E-state index contributed by atoms with van der Waals surface area (Å²) in [6, 6.07) is 14.2. The lowest BCUT2D eigenvalue weighted by Crippen LogP contribution is -2.40. The molecule has 1 atom stereocenters. The van der Waals surface area contributed by atoms with E-state index in [0.717, 1.165) is 12.0 Å². The molecule has 0 aliphatic heterocycles. The first-order chi connectivity index (χ1) is 10.2. The number of nitrogens with one attached hydrogen (secondary N) is 2. The van der Waals surface area contributed by atoms with E-state index in [2.05, 4.69) is 34.9 Å². The maximum absolute atomic E-state index is 11.8. The predicted octanol–water partition coefficient (Wildman–Crippen LogP) is 2.80. The Balaban J connectivity index is 1.85. The Morgan fingerprint density at radius 2 is 1.95 bits per heavy atom. The second kappa shape index (κ2) is 7.64. The van der Waals surface area contributed by atoms with Crippen molar-refractivity contribution in [3.63, 3.8) is 0 Å². The second-order valence-corrected chi connectivity index (χ2v) is 5.28. The molecule has 0 fully saturated rings. The second-order valence-electron chi connectivity index (χ2n) is 5.28. The van der Waals surface area contributed by atoms with Gasteiger partial charge < -0.3 is 15.7 Å². The number of hydrogen-bond acceptors (Lipinski definition) is 2. The first-order valence-corrected chi connectivity index (χ1v) is 7.32. The molecule has 0 saturated heterocycles. The van der Waals surface area contributed by atoms with E-state index < -0.39 is 0 Å². The molecule has 3 N–H and O–H groups in total. The molecule has 4 nitrogen and oxygen atoms in total. The van der Waals surface area contributed by atoms with Crippen LogP contribution in [0.2, 0.25) is 0 Å². The van der Waals surface area contributed by atoms with Crippen LogP contribution in [0.4, 0.5) is 4.79 Å². The summed E-state index contributed by atoms with van der Waals surface area (Å²) in [4.78, 5) is 11.8. The minimum atomic E-state index is -0.173. The van der Waals surface area contributed by atoms with Crippen molar-refractivity contribution in [1.82, 2.24) is 10.6 Å².